The standard InChI is InChI=1S/C12H20BrNO2/c1-8-3-4-14(11(8)6-13)12(15)10-5-9(2)16-7-10/h8-11H,3-7H2,1-2H3. The van der Waals surface area contributed by atoms with Crippen LogP contribution in [0.4, 0.5) is 0 Å². The molecule has 0 aliphatic carbocycles. The minimum Gasteiger partial charge on any atom is -0.378 e. The van der Waals surface area contributed by atoms with E-state index in [-0.39, 0.29) is 12.0 Å². The Kier molecular flexibility index (Phi) is 3.90. The van der Waals surface area contributed by atoms with Gasteiger partial charge in [-0.15, -0.1) is 0 Å². The molecule has 4 unspecified atom stereocenters. The van der Waals surface area contributed by atoms with E-state index >= 15 is 0 Å². The molecule has 1 amide bonds. The summed E-state index contributed by atoms with van der Waals surface area (Å²) in [4.78, 5) is 14.4. The summed E-state index contributed by atoms with van der Waals surface area (Å²) in [7, 11) is 0. The van der Waals surface area contributed by atoms with E-state index in [0.29, 0.717) is 24.5 Å². The van der Waals surface area contributed by atoms with Gasteiger partial charge in [-0.25, -0.2) is 0 Å². The highest BCUT2D eigenvalue weighted by atomic mass is 79.9. The molecule has 2 heterocycles. The lowest BCUT2D eigenvalue weighted by Crippen LogP contribution is -2.42. The second-order valence-corrected chi connectivity index (χ2v) is 5.74. The molecule has 0 radical (unpaired) electrons. The Morgan fingerprint density at radius 1 is 1.50 bits per heavy atom. The lowest BCUT2D eigenvalue weighted by atomic mass is 10.0. The van der Waals surface area contributed by atoms with Crippen molar-refractivity contribution in [2.45, 2.75) is 38.8 Å². The number of carbonyl (C=O) groups excluding carboxylic acids is 1. The van der Waals surface area contributed by atoms with Gasteiger partial charge in [0, 0.05) is 17.9 Å². The fourth-order valence-electron chi connectivity index (χ4n) is 2.74. The molecule has 0 spiro atoms. The van der Waals surface area contributed by atoms with Crippen LogP contribution in [-0.2, 0) is 9.53 Å². The maximum absolute atomic E-state index is 12.3. The molecule has 92 valence electrons. The van der Waals surface area contributed by atoms with Crippen molar-refractivity contribution >= 4 is 21.8 Å². The average molecular weight is 290 g/mol. The number of nitrogens with zero attached hydrogens (tertiary/aromatic N) is 1. The average Bonchev–Trinajstić information content (AvgIpc) is 2.83. The summed E-state index contributed by atoms with van der Waals surface area (Å²) >= 11 is 3.52. The van der Waals surface area contributed by atoms with Gasteiger partial charge in [0.15, 0.2) is 0 Å². The van der Waals surface area contributed by atoms with Crippen molar-refractivity contribution in [1.29, 1.82) is 0 Å². The summed E-state index contributed by atoms with van der Waals surface area (Å²) in [6, 6.07) is 0.378. The van der Waals surface area contributed by atoms with Crippen molar-refractivity contribution in [3.05, 3.63) is 0 Å². The predicted octanol–water partition coefficient (Wildman–Crippen LogP) is 2.04. The first-order valence-corrected chi connectivity index (χ1v) is 7.23. The van der Waals surface area contributed by atoms with Gasteiger partial charge in [-0.3, -0.25) is 4.79 Å². The van der Waals surface area contributed by atoms with E-state index in [4.69, 9.17) is 4.74 Å². The third-order valence-electron chi connectivity index (χ3n) is 3.87. The molecule has 2 aliphatic rings. The Morgan fingerprint density at radius 2 is 2.25 bits per heavy atom. The molecular formula is C12H20BrNO2. The zero-order valence-electron chi connectivity index (χ0n) is 9.99. The van der Waals surface area contributed by atoms with E-state index in [2.05, 4.69) is 27.8 Å². The largest absolute Gasteiger partial charge is 0.378 e. The maximum atomic E-state index is 12.3. The van der Waals surface area contributed by atoms with Crippen molar-refractivity contribution in [2.24, 2.45) is 11.8 Å². The first-order chi connectivity index (χ1) is 7.63. The lowest BCUT2D eigenvalue weighted by molar-refractivity contribution is -0.136. The summed E-state index contributed by atoms with van der Waals surface area (Å²) in [6.45, 7) is 5.80. The van der Waals surface area contributed by atoms with E-state index in [1.807, 2.05) is 6.92 Å². The van der Waals surface area contributed by atoms with E-state index in [0.717, 1.165) is 24.7 Å². The highest BCUT2D eigenvalue weighted by Crippen LogP contribution is 2.29. The predicted molar refractivity (Wildman–Crippen MR) is 66.6 cm³/mol. The van der Waals surface area contributed by atoms with Gasteiger partial charge in [-0.05, 0) is 25.7 Å². The Bertz CT molecular complexity index is 272. The van der Waals surface area contributed by atoms with Crippen molar-refractivity contribution in [1.82, 2.24) is 4.90 Å². The smallest absolute Gasteiger partial charge is 0.228 e. The Labute approximate surface area is 106 Å². The number of halogens is 1. The molecule has 0 aromatic carbocycles. The Balaban J connectivity index is 1.99. The van der Waals surface area contributed by atoms with Gasteiger partial charge >= 0.3 is 0 Å². The second kappa shape index (κ2) is 5.05. The number of hydrogen-bond acceptors (Lipinski definition) is 2. The number of ether oxygens (including phenoxy) is 1. The summed E-state index contributed by atoms with van der Waals surface area (Å²) in [5.74, 6) is 1.02. The topological polar surface area (TPSA) is 29.5 Å². The van der Waals surface area contributed by atoms with E-state index in [9.17, 15) is 4.79 Å². The van der Waals surface area contributed by atoms with E-state index < -0.39 is 0 Å². The van der Waals surface area contributed by atoms with Crippen LogP contribution >= 0.6 is 15.9 Å². The SMILES string of the molecule is CC1CC(C(=O)N2CCC(C)C2CBr)CO1. The molecule has 2 aliphatic heterocycles. The van der Waals surface area contributed by atoms with Gasteiger partial charge in [0.25, 0.3) is 0 Å². The zero-order valence-corrected chi connectivity index (χ0v) is 11.6. The third kappa shape index (κ3) is 2.28. The quantitative estimate of drug-likeness (QED) is 0.728. The number of rotatable bonds is 2. The van der Waals surface area contributed by atoms with Crippen LogP contribution in [0.2, 0.25) is 0 Å². The van der Waals surface area contributed by atoms with Crippen LogP contribution < -0.4 is 0 Å². The first kappa shape index (κ1) is 12.4. The van der Waals surface area contributed by atoms with Gasteiger partial charge in [-0.2, -0.15) is 0 Å². The van der Waals surface area contributed by atoms with Crippen molar-refractivity contribution in [2.75, 3.05) is 18.5 Å². The molecule has 0 aromatic heterocycles. The third-order valence-corrected chi connectivity index (χ3v) is 4.53. The Hall–Kier alpha value is -0.0900. The molecule has 0 saturated carbocycles. The Morgan fingerprint density at radius 3 is 2.81 bits per heavy atom. The van der Waals surface area contributed by atoms with Gasteiger partial charge in [0.05, 0.1) is 18.6 Å². The van der Waals surface area contributed by atoms with Gasteiger partial charge in [0.1, 0.15) is 0 Å². The van der Waals surface area contributed by atoms with Crippen molar-refractivity contribution in [3.63, 3.8) is 0 Å². The van der Waals surface area contributed by atoms with Crippen LogP contribution in [0.3, 0.4) is 0 Å². The van der Waals surface area contributed by atoms with E-state index in [1.54, 1.807) is 0 Å². The molecule has 0 bridgehead atoms. The number of hydrogen-bond donors (Lipinski definition) is 0. The van der Waals surface area contributed by atoms with Gasteiger partial charge in [-0.1, -0.05) is 22.9 Å². The molecule has 4 heteroatoms. The van der Waals surface area contributed by atoms with Crippen molar-refractivity contribution in [3.8, 4) is 0 Å². The minimum absolute atomic E-state index is 0.0989. The fraction of sp³-hybridized carbons (Fsp3) is 0.917. The van der Waals surface area contributed by atoms with Crippen molar-refractivity contribution < 1.29 is 9.53 Å². The van der Waals surface area contributed by atoms with Crippen LogP contribution in [0.15, 0.2) is 0 Å². The zero-order chi connectivity index (χ0) is 11.7. The van der Waals surface area contributed by atoms with Gasteiger partial charge < -0.3 is 9.64 Å². The van der Waals surface area contributed by atoms with E-state index in [1.165, 1.54) is 0 Å². The highest BCUT2D eigenvalue weighted by molar-refractivity contribution is 9.09. The molecule has 2 saturated heterocycles. The highest BCUT2D eigenvalue weighted by Gasteiger charge is 2.38. The monoisotopic (exact) mass is 289 g/mol. The molecule has 2 rings (SSSR count). The fourth-order valence-corrected chi connectivity index (χ4v) is 3.73. The second-order valence-electron chi connectivity index (χ2n) is 5.10. The molecule has 0 aromatic rings. The van der Waals surface area contributed by atoms with Crippen LogP contribution in [0, 0.1) is 11.8 Å². The maximum Gasteiger partial charge on any atom is 0.228 e. The normalized spacial score (nSPS) is 39.3. The number of amides is 1. The molecule has 4 atom stereocenters. The van der Waals surface area contributed by atoms with Crippen LogP contribution in [0.1, 0.15) is 26.7 Å². The van der Waals surface area contributed by atoms with Crippen LogP contribution in [0.5, 0.6) is 0 Å². The lowest BCUT2D eigenvalue weighted by Gasteiger charge is -2.27. The number of likely N-dealkylation sites (tertiary alicyclic amines) is 1. The van der Waals surface area contributed by atoms with Crippen LogP contribution in [0.25, 0.3) is 0 Å². The van der Waals surface area contributed by atoms with Crippen LogP contribution in [-0.4, -0.2) is 41.4 Å². The summed E-state index contributed by atoms with van der Waals surface area (Å²) < 4.78 is 5.48. The summed E-state index contributed by atoms with van der Waals surface area (Å²) in [5.41, 5.74) is 0. The number of carbonyl (C=O) groups is 1. The minimum atomic E-state index is 0.0989. The molecule has 3 nitrogen and oxygen atoms in total. The molecule has 2 fully saturated rings. The number of alkyl halides is 1. The summed E-state index contributed by atoms with van der Waals surface area (Å²) in [6.07, 6.45) is 2.26. The van der Waals surface area contributed by atoms with Gasteiger partial charge in [0.2, 0.25) is 5.91 Å². The molecule has 0 N–H and O–H groups in total. The summed E-state index contributed by atoms with van der Waals surface area (Å²) in [5, 5.41) is 0.892. The molecule has 16 heavy (non-hydrogen) atoms. The molecular weight excluding hydrogens is 270 g/mol. The first-order valence-electron chi connectivity index (χ1n) is 6.11.